The molecule has 2 rings (SSSR count). The molecule has 18 heavy (non-hydrogen) atoms. The van der Waals surface area contributed by atoms with E-state index in [1.54, 1.807) is 42.0 Å². The first-order chi connectivity index (χ1) is 8.36. The number of amides is 2. The van der Waals surface area contributed by atoms with Crippen molar-refractivity contribution in [3.8, 4) is 6.07 Å². The largest absolute Gasteiger partial charge is 0.321 e. The molecule has 0 saturated carbocycles. The Morgan fingerprint density at radius 2 is 2.28 bits per heavy atom. The molecule has 0 N–H and O–H groups in total. The number of urea groups is 1. The van der Waals surface area contributed by atoms with Gasteiger partial charge in [0.2, 0.25) is 0 Å². The van der Waals surface area contributed by atoms with Gasteiger partial charge < -0.3 is 9.80 Å². The van der Waals surface area contributed by atoms with Crippen LogP contribution in [0.4, 0.5) is 4.79 Å². The summed E-state index contributed by atoms with van der Waals surface area (Å²) in [4.78, 5) is 16.7. The molecule has 2 amide bonds. The first-order valence-corrected chi connectivity index (χ1v) is 7.23. The van der Waals surface area contributed by atoms with Crippen molar-refractivity contribution >= 4 is 33.3 Å². The lowest BCUT2D eigenvalue weighted by atomic mass is 10.1. The zero-order valence-electron chi connectivity index (χ0n) is 10.5. The molecule has 1 unspecified atom stereocenters. The fourth-order valence-electron chi connectivity index (χ4n) is 2.01. The summed E-state index contributed by atoms with van der Waals surface area (Å²) >= 11 is 5.05. The maximum absolute atomic E-state index is 12.2. The second-order valence-electron chi connectivity index (χ2n) is 4.86. The van der Waals surface area contributed by atoms with E-state index in [4.69, 9.17) is 5.26 Å². The van der Waals surface area contributed by atoms with Crippen molar-refractivity contribution in [3.05, 3.63) is 20.8 Å². The van der Waals surface area contributed by atoms with Crippen molar-refractivity contribution in [3.63, 3.8) is 0 Å². The zero-order valence-corrected chi connectivity index (χ0v) is 12.9. The molecule has 2 heterocycles. The quantitative estimate of drug-likeness (QED) is 0.837. The van der Waals surface area contributed by atoms with E-state index in [2.05, 4.69) is 22.0 Å². The van der Waals surface area contributed by atoms with E-state index >= 15 is 0 Å². The highest BCUT2D eigenvalue weighted by Crippen LogP contribution is 2.36. The molecule has 1 fully saturated rings. The van der Waals surface area contributed by atoms with Gasteiger partial charge in [-0.25, -0.2) is 4.79 Å². The Hall–Kier alpha value is -1.06. The molecule has 96 valence electrons. The van der Waals surface area contributed by atoms with Gasteiger partial charge >= 0.3 is 6.03 Å². The van der Waals surface area contributed by atoms with Gasteiger partial charge in [0.15, 0.2) is 0 Å². The summed E-state index contributed by atoms with van der Waals surface area (Å²) in [7, 11) is 1.79. The normalized spacial score (nSPS) is 20.4. The molecule has 1 saturated heterocycles. The van der Waals surface area contributed by atoms with Gasteiger partial charge in [-0.2, -0.15) is 5.26 Å². The Kier molecular flexibility index (Phi) is 3.39. The van der Waals surface area contributed by atoms with E-state index in [9.17, 15) is 4.79 Å². The minimum atomic E-state index is -0.769. The van der Waals surface area contributed by atoms with Crippen LogP contribution in [0.25, 0.3) is 0 Å². The van der Waals surface area contributed by atoms with Gasteiger partial charge in [-0.05, 0) is 35.8 Å². The minimum Gasteiger partial charge on any atom is -0.318 e. The molecule has 1 atom stereocenters. The monoisotopic (exact) mass is 327 g/mol. The van der Waals surface area contributed by atoms with Crippen LogP contribution in [0.2, 0.25) is 0 Å². The third-order valence-corrected chi connectivity index (χ3v) is 5.01. The van der Waals surface area contributed by atoms with E-state index in [-0.39, 0.29) is 12.1 Å². The van der Waals surface area contributed by atoms with Crippen molar-refractivity contribution in [2.75, 3.05) is 13.6 Å². The number of thiophene rings is 1. The van der Waals surface area contributed by atoms with Crippen molar-refractivity contribution in [2.45, 2.75) is 25.4 Å². The molecule has 6 heteroatoms. The van der Waals surface area contributed by atoms with Gasteiger partial charge in [0.25, 0.3) is 0 Å². The van der Waals surface area contributed by atoms with E-state index in [1.165, 1.54) is 0 Å². The number of hydrogen-bond acceptors (Lipinski definition) is 3. The van der Waals surface area contributed by atoms with Gasteiger partial charge in [-0.15, -0.1) is 11.3 Å². The summed E-state index contributed by atoms with van der Waals surface area (Å²) in [6.07, 6.45) is 0. The van der Waals surface area contributed by atoms with Crippen LogP contribution in [0.1, 0.15) is 24.8 Å². The van der Waals surface area contributed by atoms with Gasteiger partial charge in [-0.1, -0.05) is 0 Å². The summed E-state index contributed by atoms with van der Waals surface area (Å²) in [5.74, 6) is 0. The molecule has 4 nitrogen and oxygen atoms in total. The molecule has 0 bridgehead atoms. The Bertz CT molecular complexity index is 520. The highest BCUT2D eigenvalue weighted by molar-refractivity contribution is 9.10. The molecule has 0 aliphatic carbocycles. The molecule has 0 radical (unpaired) electrons. The zero-order chi connectivity index (χ0) is 13.5. The Labute approximate surface area is 119 Å². The smallest absolute Gasteiger partial charge is 0.318 e. The van der Waals surface area contributed by atoms with Crippen LogP contribution in [-0.2, 0) is 0 Å². The van der Waals surface area contributed by atoms with Gasteiger partial charge in [-0.3, -0.25) is 0 Å². The Morgan fingerprint density at radius 1 is 1.61 bits per heavy atom. The molecular formula is C12H14BrN3OS. The van der Waals surface area contributed by atoms with Crippen molar-refractivity contribution < 1.29 is 4.79 Å². The number of hydrogen-bond donors (Lipinski definition) is 0. The maximum atomic E-state index is 12.2. The Balaban J connectivity index is 2.28. The van der Waals surface area contributed by atoms with Crippen LogP contribution in [-0.4, -0.2) is 35.0 Å². The number of carbonyl (C=O) groups excluding carboxylic acids is 1. The van der Waals surface area contributed by atoms with Crippen LogP contribution in [0.15, 0.2) is 15.9 Å². The number of carbonyl (C=O) groups is 1. The number of rotatable bonds is 2. The fourth-order valence-corrected chi connectivity index (χ4v) is 3.59. The first-order valence-electron chi connectivity index (χ1n) is 5.56. The number of nitriles is 1. The average Bonchev–Trinajstić information content (AvgIpc) is 2.86. The molecular weight excluding hydrogens is 314 g/mol. The lowest BCUT2D eigenvalue weighted by Crippen LogP contribution is -2.44. The standard InChI is InChI=1S/C12H14BrN3OS/c1-12(2,7-14)16-5-9(15(3)11(16)17)10-4-8(13)6-18-10/h4,6,9H,5H2,1-3H3. The SMILES string of the molecule is CN1C(=O)N(C(C)(C)C#N)CC1c1cc(Br)cs1. The van der Waals surface area contributed by atoms with E-state index < -0.39 is 5.54 Å². The Morgan fingerprint density at radius 3 is 2.78 bits per heavy atom. The molecule has 0 aromatic carbocycles. The van der Waals surface area contributed by atoms with Crippen molar-refractivity contribution in [1.29, 1.82) is 5.26 Å². The maximum Gasteiger partial charge on any atom is 0.321 e. The predicted octanol–water partition coefficient (Wildman–Crippen LogP) is 3.22. The van der Waals surface area contributed by atoms with Crippen LogP contribution in [0, 0.1) is 11.3 Å². The molecule has 0 spiro atoms. The van der Waals surface area contributed by atoms with E-state index in [0.717, 1.165) is 9.35 Å². The molecule has 1 aliphatic rings. The lowest BCUT2D eigenvalue weighted by molar-refractivity contribution is 0.172. The third kappa shape index (κ3) is 2.13. The van der Waals surface area contributed by atoms with Gasteiger partial charge in [0, 0.05) is 28.3 Å². The number of likely N-dealkylation sites (N-methyl/N-ethyl adjacent to an activating group) is 1. The average molecular weight is 328 g/mol. The third-order valence-electron chi connectivity index (χ3n) is 3.22. The molecule has 1 aliphatic heterocycles. The van der Waals surface area contributed by atoms with Gasteiger partial charge in [0.05, 0.1) is 12.1 Å². The second-order valence-corrected chi connectivity index (χ2v) is 6.72. The van der Waals surface area contributed by atoms with Crippen molar-refractivity contribution in [2.24, 2.45) is 0 Å². The second kappa shape index (κ2) is 4.56. The van der Waals surface area contributed by atoms with Crippen molar-refractivity contribution in [1.82, 2.24) is 9.80 Å². The van der Waals surface area contributed by atoms with Crippen LogP contribution in [0.5, 0.6) is 0 Å². The number of halogens is 1. The van der Waals surface area contributed by atoms with Crippen LogP contribution < -0.4 is 0 Å². The van der Waals surface area contributed by atoms with Crippen LogP contribution >= 0.6 is 27.3 Å². The first kappa shape index (κ1) is 13.4. The summed E-state index contributed by atoms with van der Waals surface area (Å²) in [5, 5.41) is 11.2. The summed E-state index contributed by atoms with van der Waals surface area (Å²) in [6, 6.07) is 4.16. The topological polar surface area (TPSA) is 47.3 Å². The predicted molar refractivity (Wildman–Crippen MR) is 74.3 cm³/mol. The summed E-state index contributed by atoms with van der Waals surface area (Å²) in [6.45, 7) is 4.10. The van der Waals surface area contributed by atoms with E-state index in [1.807, 2.05) is 11.4 Å². The molecule has 1 aromatic rings. The fraction of sp³-hybridized carbons (Fsp3) is 0.500. The highest BCUT2D eigenvalue weighted by atomic mass is 79.9. The van der Waals surface area contributed by atoms with Gasteiger partial charge in [0.1, 0.15) is 5.54 Å². The van der Waals surface area contributed by atoms with Crippen LogP contribution in [0.3, 0.4) is 0 Å². The lowest BCUT2D eigenvalue weighted by Gasteiger charge is -2.27. The minimum absolute atomic E-state index is 0.0291. The van der Waals surface area contributed by atoms with E-state index in [0.29, 0.717) is 6.54 Å². The summed E-state index contributed by atoms with van der Waals surface area (Å²) < 4.78 is 1.03. The number of nitrogens with zero attached hydrogens (tertiary/aromatic N) is 3. The highest BCUT2D eigenvalue weighted by Gasteiger charge is 2.43. The summed E-state index contributed by atoms with van der Waals surface area (Å²) in [5.41, 5.74) is -0.769. The molecule has 1 aromatic heterocycles.